The van der Waals surface area contributed by atoms with Crippen molar-refractivity contribution in [2.75, 3.05) is 12.4 Å². The number of carbonyl (C=O) groups is 1. The van der Waals surface area contributed by atoms with Crippen LogP contribution < -0.4 is 5.32 Å². The Balaban J connectivity index is 1.96. The Morgan fingerprint density at radius 3 is 2.58 bits per heavy atom. The average molecular weight is 256 g/mol. The SMILES string of the molecule is CN(Cc1ccccc1)C(=O)Nc1cccc(O)c1. The second-order valence-electron chi connectivity index (χ2n) is 4.32. The van der Waals surface area contributed by atoms with Gasteiger partial charge in [-0.2, -0.15) is 0 Å². The molecule has 0 aliphatic heterocycles. The van der Waals surface area contributed by atoms with Gasteiger partial charge in [0.05, 0.1) is 0 Å². The molecular weight excluding hydrogens is 240 g/mol. The maximum Gasteiger partial charge on any atom is 0.321 e. The van der Waals surface area contributed by atoms with Gasteiger partial charge in [-0.1, -0.05) is 36.4 Å². The van der Waals surface area contributed by atoms with Gasteiger partial charge < -0.3 is 15.3 Å². The lowest BCUT2D eigenvalue weighted by molar-refractivity contribution is 0.220. The van der Waals surface area contributed by atoms with E-state index in [4.69, 9.17) is 0 Å². The lowest BCUT2D eigenvalue weighted by Gasteiger charge is -2.18. The van der Waals surface area contributed by atoms with Gasteiger partial charge in [-0.15, -0.1) is 0 Å². The lowest BCUT2D eigenvalue weighted by atomic mass is 10.2. The molecule has 2 amide bonds. The molecule has 0 saturated heterocycles. The van der Waals surface area contributed by atoms with Crippen LogP contribution in [0.4, 0.5) is 10.5 Å². The van der Waals surface area contributed by atoms with Gasteiger partial charge in [0.15, 0.2) is 0 Å². The number of aromatic hydroxyl groups is 1. The first-order valence-electron chi connectivity index (χ1n) is 6.00. The molecule has 0 aromatic heterocycles. The van der Waals surface area contributed by atoms with Crippen molar-refractivity contribution in [2.45, 2.75) is 6.54 Å². The summed E-state index contributed by atoms with van der Waals surface area (Å²) in [4.78, 5) is 13.5. The molecule has 0 aliphatic rings. The van der Waals surface area contributed by atoms with E-state index in [-0.39, 0.29) is 11.8 Å². The number of anilines is 1. The third kappa shape index (κ3) is 3.74. The minimum atomic E-state index is -0.213. The minimum Gasteiger partial charge on any atom is -0.508 e. The van der Waals surface area contributed by atoms with E-state index in [1.54, 1.807) is 30.1 Å². The monoisotopic (exact) mass is 256 g/mol. The van der Waals surface area contributed by atoms with Crippen LogP contribution in [-0.4, -0.2) is 23.1 Å². The van der Waals surface area contributed by atoms with Crippen LogP contribution in [0.15, 0.2) is 54.6 Å². The lowest BCUT2D eigenvalue weighted by Crippen LogP contribution is -2.30. The standard InChI is InChI=1S/C15H16N2O2/c1-17(11-12-6-3-2-4-7-12)15(19)16-13-8-5-9-14(18)10-13/h2-10,18H,11H2,1H3,(H,16,19). The Bertz CT molecular complexity index is 555. The topological polar surface area (TPSA) is 52.6 Å². The van der Waals surface area contributed by atoms with Gasteiger partial charge in [0.25, 0.3) is 0 Å². The highest BCUT2D eigenvalue weighted by Crippen LogP contribution is 2.16. The van der Waals surface area contributed by atoms with E-state index in [9.17, 15) is 9.90 Å². The number of carbonyl (C=O) groups excluding carboxylic acids is 1. The molecular formula is C15H16N2O2. The molecule has 4 nitrogen and oxygen atoms in total. The molecule has 19 heavy (non-hydrogen) atoms. The van der Waals surface area contributed by atoms with Crippen molar-refractivity contribution in [1.82, 2.24) is 4.90 Å². The minimum absolute atomic E-state index is 0.128. The first-order valence-corrected chi connectivity index (χ1v) is 6.00. The van der Waals surface area contributed by atoms with Crippen LogP contribution in [0.3, 0.4) is 0 Å². The quantitative estimate of drug-likeness (QED) is 0.886. The number of phenolic OH excluding ortho intramolecular Hbond substituents is 1. The van der Waals surface area contributed by atoms with Crippen molar-refractivity contribution in [3.63, 3.8) is 0 Å². The number of urea groups is 1. The average Bonchev–Trinajstić information content (AvgIpc) is 2.40. The summed E-state index contributed by atoms with van der Waals surface area (Å²) in [7, 11) is 1.73. The highest BCUT2D eigenvalue weighted by Gasteiger charge is 2.09. The maximum atomic E-state index is 12.0. The number of hydrogen-bond acceptors (Lipinski definition) is 2. The third-order valence-corrected chi connectivity index (χ3v) is 2.71. The summed E-state index contributed by atoms with van der Waals surface area (Å²) in [5.41, 5.74) is 1.64. The normalized spacial score (nSPS) is 9.95. The summed E-state index contributed by atoms with van der Waals surface area (Å²) in [6.45, 7) is 0.533. The fourth-order valence-electron chi connectivity index (χ4n) is 1.73. The number of phenols is 1. The summed E-state index contributed by atoms with van der Waals surface area (Å²) < 4.78 is 0. The van der Waals surface area contributed by atoms with Crippen molar-refractivity contribution < 1.29 is 9.90 Å². The van der Waals surface area contributed by atoms with Crippen molar-refractivity contribution in [3.05, 3.63) is 60.2 Å². The number of hydrogen-bond donors (Lipinski definition) is 2. The number of amides is 2. The van der Waals surface area contributed by atoms with Crippen LogP contribution >= 0.6 is 0 Å². The predicted molar refractivity (Wildman–Crippen MR) is 75.0 cm³/mol. The van der Waals surface area contributed by atoms with E-state index in [1.165, 1.54) is 6.07 Å². The second-order valence-corrected chi connectivity index (χ2v) is 4.32. The van der Waals surface area contributed by atoms with Gasteiger partial charge in [-0.25, -0.2) is 4.79 Å². The molecule has 0 atom stereocenters. The smallest absolute Gasteiger partial charge is 0.321 e. The maximum absolute atomic E-state index is 12.0. The van der Waals surface area contributed by atoms with Crippen molar-refractivity contribution in [2.24, 2.45) is 0 Å². The molecule has 4 heteroatoms. The zero-order chi connectivity index (χ0) is 13.7. The third-order valence-electron chi connectivity index (χ3n) is 2.71. The molecule has 2 aromatic rings. The molecule has 2 aromatic carbocycles. The van der Waals surface area contributed by atoms with Crippen LogP contribution in [0.2, 0.25) is 0 Å². The molecule has 0 fully saturated rings. The Hall–Kier alpha value is -2.49. The van der Waals surface area contributed by atoms with E-state index in [2.05, 4.69) is 5.32 Å². The highest BCUT2D eigenvalue weighted by molar-refractivity contribution is 5.89. The summed E-state index contributed by atoms with van der Waals surface area (Å²) in [6.07, 6.45) is 0. The van der Waals surface area contributed by atoms with Crippen LogP contribution in [0, 0.1) is 0 Å². The number of nitrogens with zero attached hydrogens (tertiary/aromatic N) is 1. The van der Waals surface area contributed by atoms with E-state index in [1.807, 2.05) is 30.3 Å². The van der Waals surface area contributed by atoms with Gasteiger partial charge in [-0.05, 0) is 17.7 Å². The largest absolute Gasteiger partial charge is 0.508 e. The molecule has 0 bridgehead atoms. The summed E-state index contributed by atoms with van der Waals surface area (Å²) >= 11 is 0. The van der Waals surface area contributed by atoms with Gasteiger partial charge in [-0.3, -0.25) is 0 Å². The predicted octanol–water partition coefficient (Wildman–Crippen LogP) is 3.06. The van der Waals surface area contributed by atoms with E-state index in [0.29, 0.717) is 12.2 Å². The number of nitrogens with one attached hydrogen (secondary N) is 1. The van der Waals surface area contributed by atoms with Crippen molar-refractivity contribution in [1.29, 1.82) is 0 Å². The van der Waals surface area contributed by atoms with Crippen LogP contribution in [0.1, 0.15) is 5.56 Å². The molecule has 98 valence electrons. The molecule has 0 aliphatic carbocycles. The van der Waals surface area contributed by atoms with Crippen LogP contribution in [0.25, 0.3) is 0 Å². The molecule has 0 heterocycles. The van der Waals surface area contributed by atoms with Crippen LogP contribution in [0.5, 0.6) is 5.75 Å². The molecule has 0 radical (unpaired) electrons. The van der Waals surface area contributed by atoms with E-state index in [0.717, 1.165) is 5.56 Å². The summed E-state index contributed by atoms with van der Waals surface area (Å²) in [5, 5.41) is 12.1. The van der Waals surface area contributed by atoms with Gasteiger partial charge in [0.2, 0.25) is 0 Å². The molecule has 0 spiro atoms. The first-order chi connectivity index (χ1) is 9.15. The zero-order valence-electron chi connectivity index (χ0n) is 10.7. The van der Waals surface area contributed by atoms with Gasteiger partial charge in [0.1, 0.15) is 5.75 Å². The molecule has 0 unspecified atom stereocenters. The summed E-state index contributed by atoms with van der Waals surface area (Å²) in [5.74, 6) is 0.128. The fraction of sp³-hybridized carbons (Fsp3) is 0.133. The molecule has 0 saturated carbocycles. The molecule has 2 N–H and O–H groups in total. The first kappa shape index (κ1) is 13.0. The Morgan fingerprint density at radius 2 is 1.89 bits per heavy atom. The second kappa shape index (κ2) is 5.91. The Morgan fingerprint density at radius 1 is 1.16 bits per heavy atom. The van der Waals surface area contributed by atoms with E-state index >= 15 is 0 Å². The zero-order valence-corrected chi connectivity index (χ0v) is 10.7. The van der Waals surface area contributed by atoms with E-state index < -0.39 is 0 Å². The summed E-state index contributed by atoms with van der Waals surface area (Å²) in [6, 6.07) is 16.0. The Labute approximate surface area is 112 Å². The van der Waals surface area contributed by atoms with Gasteiger partial charge in [0, 0.05) is 25.3 Å². The van der Waals surface area contributed by atoms with Crippen molar-refractivity contribution >= 4 is 11.7 Å². The number of benzene rings is 2. The molecule has 2 rings (SSSR count). The fourth-order valence-corrected chi connectivity index (χ4v) is 1.73. The number of rotatable bonds is 3. The Kier molecular flexibility index (Phi) is 4.03. The van der Waals surface area contributed by atoms with Crippen molar-refractivity contribution in [3.8, 4) is 5.75 Å². The van der Waals surface area contributed by atoms with Gasteiger partial charge >= 0.3 is 6.03 Å². The van der Waals surface area contributed by atoms with Crippen LogP contribution in [-0.2, 0) is 6.54 Å². The highest BCUT2D eigenvalue weighted by atomic mass is 16.3.